The van der Waals surface area contributed by atoms with Gasteiger partial charge in [0.15, 0.2) is 0 Å². The first-order valence-corrected chi connectivity index (χ1v) is 4.82. The van der Waals surface area contributed by atoms with Gasteiger partial charge in [-0.15, -0.1) is 0 Å². The van der Waals surface area contributed by atoms with Crippen molar-refractivity contribution in [3.63, 3.8) is 0 Å². The van der Waals surface area contributed by atoms with Crippen LogP contribution < -0.4 is 0 Å². The summed E-state index contributed by atoms with van der Waals surface area (Å²) in [5, 5.41) is 18.0. The lowest BCUT2D eigenvalue weighted by Crippen LogP contribution is -2.25. The van der Waals surface area contributed by atoms with Gasteiger partial charge in [0.25, 0.3) is 0 Å². The molecule has 86 valence electrons. The Hall–Kier alpha value is -1.49. The van der Waals surface area contributed by atoms with Crippen LogP contribution >= 0.6 is 0 Å². The molecule has 2 atom stereocenters. The molecule has 0 spiro atoms. The summed E-state index contributed by atoms with van der Waals surface area (Å²) in [4.78, 5) is 11.1. The van der Waals surface area contributed by atoms with Gasteiger partial charge in [0.05, 0.1) is 0 Å². The Morgan fingerprint density at radius 1 is 1.50 bits per heavy atom. The van der Waals surface area contributed by atoms with Crippen molar-refractivity contribution >= 4 is 5.97 Å². The summed E-state index contributed by atoms with van der Waals surface area (Å²) in [5.74, 6) is -3.20. The monoisotopic (exact) mass is 228 g/mol. The molecular formula is C11H10F2O3. The molecule has 1 unspecified atom stereocenters. The number of hydrogen-bond donors (Lipinski definition) is 2. The Morgan fingerprint density at radius 2 is 2.19 bits per heavy atom. The van der Waals surface area contributed by atoms with Crippen molar-refractivity contribution in [2.45, 2.75) is 11.8 Å². The maximum atomic E-state index is 13.5. The van der Waals surface area contributed by atoms with Crippen LogP contribution in [0, 0.1) is 17.6 Å². The molecule has 1 fully saturated rings. The van der Waals surface area contributed by atoms with Crippen LogP contribution in [0.1, 0.15) is 12.0 Å². The lowest BCUT2D eigenvalue weighted by atomic mass is 9.93. The first-order valence-electron chi connectivity index (χ1n) is 4.82. The molecule has 1 aliphatic carbocycles. The molecule has 1 saturated carbocycles. The minimum absolute atomic E-state index is 0.138. The highest BCUT2D eigenvalue weighted by Crippen LogP contribution is 2.54. The molecule has 0 heterocycles. The van der Waals surface area contributed by atoms with Gasteiger partial charge in [-0.2, -0.15) is 0 Å². The van der Waals surface area contributed by atoms with Gasteiger partial charge in [-0.1, -0.05) is 0 Å². The summed E-state index contributed by atoms with van der Waals surface area (Å²) in [5.41, 5.74) is -1.64. The normalized spacial score (nSPS) is 27.8. The highest BCUT2D eigenvalue weighted by atomic mass is 19.1. The minimum atomic E-state index is -1.46. The molecule has 0 aromatic heterocycles. The largest absolute Gasteiger partial charge is 0.481 e. The lowest BCUT2D eigenvalue weighted by Gasteiger charge is -2.13. The van der Waals surface area contributed by atoms with Gasteiger partial charge in [-0.05, 0) is 24.6 Å². The van der Waals surface area contributed by atoms with Crippen molar-refractivity contribution in [1.29, 1.82) is 0 Å². The second-order valence-electron chi connectivity index (χ2n) is 3.98. The van der Waals surface area contributed by atoms with E-state index in [1.54, 1.807) is 0 Å². The first-order chi connectivity index (χ1) is 7.52. The van der Waals surface area contributed by atoms with Crippen LogP contribution in [0.25, 0.3) is 0 Å². The predicted octanol–water partition coefficient (Wildman–Crippen LogP) is 1.30. The minimum Gasteiger partial charge on any atom is -0.481 e. The molecule has 2 rings (SSSR count). The van der Waals surface area contributed by atoms with E-state index in [4.69, 9.17) is 10.2 Å². The lowest BCUT2D eigenvalue weighted by molar-refractivity contribution is -0.140. The average molecular weight is 228 g/mol. The molecule has 0 aliphatic heterocycles. The summed E-state index contributed by atoms with van der Waals surface area (Å²) in [6.45, 7) is -0.345. The zero-order valence-corrected chi connectivity index (χ0v) is 8.28. The molecule has 1 aromatic rings. The predicted molar refractivity (Wildman–Crippen MR) is 50.9 cm³/mol. The molecular weight excluding hydrogens is 218 g/mol. The zero-order chi connectivity index (χ0) is 11.9. The fourth-order valence-electron chi connectivity index (χ4n) is 2.10. The smallest absolute Gasteiger partial charge is 0.314 e. The van der Waals surface area contributed by atoms with Gasteiger partial charge in [-0.3, -0.25) is 4.79 Å². The molecule has 0 saturated heterocycles. The standard InChI is InChI=1S/C11H10F2O3/c12-7-1-2-9(13)8(3-7)11(10(15)16)4-6(11)5-14/h1-3,6,14H,4-5H2,(H,15,16)/t6?,11-/m0/s1. The maximum absolute atomic E-state index is 13.5. The van der Waals surface area contributed by atoms with Crippen molar-refractivity contribution in [1.82, 2.24) is 0 Å². The quantitative estimate of drug-likeness (QED) is 0.819. The van der Waals surface area contributed by atoms with Crippen LogP contribution in [-0.4, -0.2) is 22.8 Å². The van der Waals surface area contributed by atoms with Gasteiger partial charge in [-0.25, -0.2) is 8.78 Å². The van der Waals surface area contributed by atoms with Crippen molar-refractivity contribution in [2.75, 3.05) is 6.61 Å². The summed E-state index contributed by atoms with van der Waals surface area (Å²) < 4.78 is 26.4. The topological polar surface area (TPSA) is 57.5 Å². The number of halogens is 2. The van der Waals surface area contributed by atoms with E-state index in [1.807, 2.05) is 0 Å². The Kier molecular flexibility index (Phi) is 2.42. The molecule has 5 heteroatoms. The van der Waals surface area contributed by atoms with Gasteiger partial charge in [0.2, 0.25) is 0 Å². The Morgan fingerprint density at radius 3 is 2.69 bits per heavy atom. The van der Waals surface area contributed by atoms with Crippen LogP contribution in [0.15, 0.2) is 18.2 Å². The molecule has 1 aliphatic rings. The Balaban J connectivity index is 2.50. The number of aliphatic carboxylic acids is 1. The third-order valence-corrected chi connectivity index (χ3v) is 3.12. The van der Waals surface area contributed by atoms with Gasteiger partial charge in [0, 0.05) is 18.1 Å². The first kappa shape index (κ1) is 11.0. The summed E-state index contributed by atoms with van der Waals surface area (Å²) in [7, 11) is 0. The number of rotatable bonds is 3. The van der Waals surface area contributed by atoms with Crippen LogP contribution in [0.2, 0.25) is 0 Å². The Labute approximate surface area is 90.3 Å². The van der Waals surface area contributed by atoms with Gasteiger partial charge >= 0.3 is 5.97 Å². The van der Waals surface area contributed by atoms with Crippen molar-refractivity contribution in [3.05, 3.63) is 35.4 Å². The fourth-order valence-corrected chi connectivity index (χ4v) is 2.10. The van der Waals surface area contributed by atoms with Gasteiger partial charge < -0.3 is 10.2 Å². The van der Waals surface area contributed by atoms with E-state index >= 15 is 0 Å². The van der Waals surface area contributed by atoms with E-state index in [-0.39, 0.29) is 18.6 Å². The highest BCUT2D eigenvalue weighted by molar-refractivity contribution is 5.86. The number of aliphatic hydroxyl groups is 1. The summed E-state index contributed by atoms with van der Waals surface area (Å²) in [6, 6.07) is 2.73. The summed E-state index contributed by atoms with van der Waals surface area (Å²) >= 11 is 0. The third kappa shape index (κ3) is 1.39. The van der Waals surface area contributed by atoms with Crippen molar-refractivity contribution < 1.29 is 23.8 Å². The van der Waals surface area contributed by atoms with E-state index in [2.05, 4.69) is 0 Å². The zero-order valence-electron chi connectivity index (χ0n) is 8.28. The molecule has 16 heavy (non-hydrogen) atoms. The van der Waals surface area contributed by atoms with E-state index < -0.39 is 28.9 Å². The maximum Gasteiger partial charge on any atom is 0.314 e. The van der Waals surface area contributed by atoms with Crippen molar-refractivity contribution in [3.8, 4) is 0 Å². The summed E-state index contributed by atoms with van der Waals surface area (Å²) in [6.07, 6.45) is 0.138. The van der Waals surface area contributed by atoms with Crippen LogP contribution in [0.5, 0.6) is 0 Å². The Bertz CT molecular complexity index is 447. The molecule has 1 aromatic carbocycles. The van der Waals surface area contributed by atoms with Crippen molar-refractivity contribution in [2.24, 2.45) is 5.92 Å². The molecule has 0 amide bonds. The van der Waals surface area contributed by atoms with Crippen LogP contribution in [0.3, 0.4) is 0 Å². The SMILES string of the molecule is O=C(O)[C@@]1(c2cc(F)ccc2F)CC1CO. The fraction of sp³-hybridized carbons (Fsp3) is 0.364. The van der Waals surface area contributed by atoms with Crippen LogP contribution in [0.4, 0.5) is 8.78 Å². The second kappa shape index (κ2) is 3.52. The number of carboxylic acid groups (broad SMARTS) is 1. The van der Waals surface area contributed by atoms with E-state index in [0.29, 0.717) is 0 Å². The van der Waals surface area contributed by atoms with Gasteiger partial charge in [0.1, 0.15) is 17.0 Å². The van der Waals surface area contributed by atoms with E-state index in [1.165, 1.54) is 0 Å². The molecule has 2 N–H and O–H groups in total. The molecule has 0 bridgehead atoms. The highest BCUT2D eigenvalue weighted by Gasteiger charge is 2.62. The molecule has 3 nitrogen and oxygen atoms in total. The van der Waals surface area contributed by atoms with E-state index in [0.717, 1.165) is 18.2 Å². The number of aliphatic hydroxyl groups excluding tert-OH is 1. The number of hydrogen-bond acceptors (Lipinski definition) is 2. The number of carbonyl (C=O) groups is 1. The third-order valence-electron chi connectivity index (χ3n) is 3.12. The molecule has 0 radical (unpaired) electrons. The average Bonchev–Trinajstić information content (AvgIpc) is 2.97. The second-order valence-corrected chi connectivity index (χ2v) is 3.98. The number of carboxylic acids is 1. The number of benzene rings is 1. The van der Waals surface area contributed by atoms with Crippen LogP contribution in [-0.2, 0) is 10.2 Å². The van der Waals surface area contributed by atoms with E-state index in [9.17, 15) is 13.6 Å².